The molecule has 0 radical (unpaired) electrons. The molecule has 3 heterocycles. The molecule has 1 unspecified atom stereocenters. The van der Waals surface area contributed by atoms with E-state index in [2.05, 4.69) is 0 Å². The van der Waals surface area contributed by atoms with Gasteiger partial charge in [-0.3, -0.25) is 9.59 Å². The van der Waals surface area contributed by atoms with E-state index in [1.54, 1.807) is 23.6 Å². The number of carbonyl (C=O) groups is 2. The van der Waals surface area contributed by atoms with E-state index in [1.165, 1.54) is 32.3 Å². The largest absolute Gasteiger partial charge is 0.328 e. The van der Waals surface area contributed by atoms with Crippen molar-refractivity contribution < 1.29 is 22.4 Å². The van der Waals surface area contributed by atoms with Gasteiger partial charge in [0, 0.05) is 26.2 Å². The van der Waals surface area contributed by atoms with Crippen molar-refractivity contribution >= 4 is 33.2 Å². The lowest BCUT2D eigenvalue weighted by Crippen LogP contribution is -2.61. The molecule has 10 heteroatoms. The zero-order valence-electron chi connectivity index (χ0n) is 15.5. The van der Waals surface area contributed by atoms with Crippen molar-refractivity contribution in [3.8, 4) is 0 Å². The van der Waals surface area contributed by atoms with Gasteiger partial charge in [0.15, 0.2) is 0 Å². The Labute approximate surface area is 172 Å². The van der Waals surface area contributed by atoms with E-state index >= 15 is 0 Å². The van der Waals surface area contributed by atoms with Crippen LogP contribution in [0.2, 0.25) is 0 Å². The molecule has 0 aliphatic carbocycles. The Balaban J connectivity index is 1.57. The molecule has 2 aromatic rings. The summed E-state index contributed by atoms with van der Waals surface area (Å²) in [5, 5.41) is 1.69. The Kier molecular flexibility index (Phi) is 5.41. The van der Waals surface area contributed by atoms with E-state index in [9.17, 15) is 22.4 Å². The predicted octanol–water partition coefficient (Wildman–Crippen LogP) is 1.52. The van der Waals surface area contributed by atoms with Crippen LogP contribution >= 0.6 is 11.3 Å². The number of hydrogen-bond donors (Lipinski definition) is 0. The van der Waals surface area contributed by atoms with E-state index in [1.807, 2.05) is 0 Å². The number of carbonyl (C=O) groups excluding carboxylic acids is 2. The average Bonchev–Trinajstić information content (AvgIpc) is 3.14. The van der Waals surface area contributed by atoms with E-state index in [-0.39, 0.29) is 48.0 Å². The van der Waals surface area contributed by atoms with Gasteiger partial charge in [-0.05, 0) is 35.6 Å². The SMILES string of the molecule is O=C1C2CN(S(=O)(=O)c3cccs3)CCCN2C(=O)CN1Cc1ccc(F)cc1. The maximum atomic E-state index is 13.1. The van der Waals surface area contributed by atoms with Gasteiger partial charge in [0.1, 0.15) is 22.6 Å². The molecule has 154 valence electrons. The van der Waals surface area contributed by atoms with Crippen LogP contribution in [0.15, 0.2) is 46.0 Å². The summed E-state index contributed by atoms with van der Waals surface area (Å²) >= 11 is 1.13. The lowest BCUT2D eigenvalue weighted by atomic mass is 10.1. The number of piperazine rings is 1. The molecule has 2 fully saturated rings. The van der Waals surface area contributed by atoms with Crippen LogP contribution in [0.3, 0.4) is 0 Å². The van der Waals surface area contributed by atoms with E-state index < -0.39 is 16.1 Å². The first-order valence-corrected chi connectivity index (χ1v) is 11.5. The fourth-order valence-electron chi connectivity index (χ4n) is 3.71. The van der Waals surface area contributed by atoms with Crippen molar-refractivity contribution in [3.05, 3.63) is 53.2 Å². The highest BCUT2D eigenvalue weighted by Gasteiger charge is 2.43. The molecule has 0 saturated carbocycles. The molecule has 1 atom stereocenters. The average molecular weight is 438 g/mol. The summed E-state index contributed by atoms with van der Waals surface area (Å²) in [4.78, 5) is 28.7. The van der Waals surface area contributed by atoms with Crippen LogP contribution in [0.1, 0.15) is 12.0 Å². The van der Waals surface area contributed by atoms with Crippen LogP contribution in [0.25, 0.3) is 0 Å². The quantitative estimate of drug-likeness (QED) is 0.727. The third kappa shape index (κ3) is 3.92. The molecule has 0 bridgehead atoms. The van der Waals surface area contributed by atoms with E-state index in [0.29, 0.717) is 18.5 Å². The number of sulfonamides is 1. The minimum Gasteiger partial charge on any atom is -0.328 e. The summed E-state index contributed by atoms with van der Waals surface area (Å²) in [5.41, 5.74) is 0.706. The number of benzene rings is 1. The van der Waals surface area contributed by atoms with E-state index in [0.717, 1.165) is 11.3 Å². The lowest BCUT2D eigenvalue weighted by molar-refractivity contribution is -0.156. The fraction of sp³-hybridized carbons (Fsp3) is 0.368. The lowest BCUT2D eigenvalue weighted by Gasteiger charge is -2.40. The molecule has 2 saturated heterocycles. The Morgan fingerprint density at radius 3 is 2.55 bits per heavy atom. The Bertz CT molecular complexity index is 1010. The predicted molar refractivity (Wildman–Crippen MR) is 105 cm³/mol. The van der Waals surface area contributed by atoms with Crippen LogP contribution < -0.4 is 0 Å². The second-order valence-electron chi connectivity index (χ2n) is 7.07. The normalized spacial score (nSPS) is 21.2. The third-order valence-corrected chi connectivity index (χ3v) is 8.42. The molecular weight excluding hydrogens is 417 g/mol. The number of nitrogens with zero attached hydrogens (tertiary/aromatic N) is 3. The van der Waals surface area contributed by atoms with Crippen molar-refractivity contribution in [3.63, 3.8) is 0 Å². The number of amides is 2. The summed E-state index contributed by atoms with van der Waals surface area (Å²) in [6, 6.07) is 8.10. The monoisotopic (exact) mass is 437 g/mol. The fourth-order valence-corrected chi connectivity index (χ4v) is 6.34. The number of fused-ring (bicyclic) bond motifs is 1. The topological polar surface area (TPSA) is 78.0 Å². The molecule has 4 rings (SSSR count). The Hall–Kier alpha value is -2.30. The maximum Gasteiger partial charge on any atom is 0.252 e. The Morgan fingerprint density at radius 2 is 1.86 bits per heavy atom. The van der Waals surface area contributed by atoms with Crippen LogP contribution in [0, 0.1) is 5.82 Å². The van der Waals surface area contributed by atoms with Gasteiger partial charge < -0.3 is 9.80 Å². The third-order valence-electron chi connectivity index (χ3n) is 5.18. The van der Waals surface area contributed by atoms with Crippen molar-refractivity contribution in [2.75, 3.05) is 26.2 Å². The number of halogens is 1. The molecule has 2 aliphatic heterocycles. The summed E-state index contributed by atoms with van der Waals surface area (Å²) in [5.74, 6) is -0.867. The number of hydrogen-bond acceptors (Lipinski definition) is 5. The summed E-state index contributed by atoms with van der Waals surface area (Å²) in [7, 11) is -3.71. The van der Waals surface area contributed by atoms with Gasteiger partial charge >= 0.3 is 0 Å². The molecule has 1 aromatic carbocycles. The van der Waals surface area contributed by atoms with E-state index in [4.69, 9.17) is 0 Å². The van der Waals surface area contributed by atoms with Gasteiger partial charge in [0.05, 0.1) is 0 Å². The first-order valence-electron chi connectivity index (χ1n) is 9.22. The second-order valence-corrected chi connectivity index (χ2v) is 10.2. The molecule has 2 amide bonds. The van der Waals surface area contributed by atoms with Crippen LogP contribution in [0.5, 0.6) is 0 Å². The van der Waals surface area contributed by atoms with Crippen LogP contribution in [0.4, 0.5) is 4.39 Å². The smallest absolute Gasteiger partial charge is 0.252 e. The summed E-state index contributed by atoms with van der Waals surface area (Å²) < 4.78 is 40.5. The highest BCUT2D eigenvalue weighted by atomic mass is 32.2. The maximum absolute atomic E-state index is 13.1. The van der Waals surface area contributed by atoms with Crippen molar-refractivity contribution in [2.45, 2.75) is 23.2 Å². The van der Waals surface area contributed by atoms with Gasteiger partial charge in [-0.15, -0.1) is 11.3 Å². The summed E-state index contributed by atoms with van der Waals surface area (Å²) in [6.07, 6.45) is 0.470. The first-order chi connectivity index (χ1) is 13.9. The number of thiophene rings is 1. The summed E-state index contributed by atoms with van der Waals surface area (Å²) in [6.45, 7) is 0.643. The van der Waals surface area contributed by atoms with Crippen molar-refractivity contribution in [1.29, 1.82) is 0 Å². The van der Waals surface area contributed by atoms with Crippen molar-refractivity contribution in [2.24, 2.45) is 0 Å². The molecule has 1 aromatic heterocycles. The van der Waals surface area contributed by atoms with Gasteiger partial charge in [-0.1, -0.05) is 18.2 Å². The van der Waals surface area contributed by atoms with Gasteiger partial charge in [-0.25, -0.2) is 12.8 Å². The van der Waals surface area contributed by atoms with Crippen LogP contribution in [-0.2, 0) is 26.2 Å². The number of rotatable bonds is 4. The molecule has 2 aliphatic rings. The minimum atomic E-state index is -3.71. The highest BCUT2D eigenvalue weighted by molar-refractivity contribution is 7.91. The van der Waals surface area contributed by atoms with Crippen LogP contribution in [-0.4, -0.2) is 66.6 Å². The Morgan fingerprint density at radius 1 is 1.10 bits per heavy atom. The zero-order valence-corrected chi connectivity index (χ0v) is 17.2. The molecule has 29 heavy (non-hydrogen) atoms. The van der Waals surface area contributed by atoms with Gasteiger partial charge in [0.25, 0.3) is 10.0 Å². The second kappa shape index (κ2) is 7.85. The van der Waals surface area contributed by atoms with Crippen molar-refractivity contribution in [1.82, 2.24) is 14.1 Å². The highest BCUT2D eigenvalue weighted by Crippen LogP contribution is 2.26. The van der Waals surface area contributed by atoms with Gasteiger partial charge in [0.2, 0.25) is 11.8 Å². The molecule has 0 spiro atoms. The first kappa shape index (κ1) is 20.0. The minimum absolute atomic E-state index is 0.0648. The standard InChI is InChI=1S/C19H20FN3O4S2/c20-15-6-4-14(5-7-15)11-21-13-17(24)23-9-2-8-22(12-16(23)19(21)25)29(26,27)18-3-1-10-28-18/h1,3-7,10,16H,2,8-9,11-13H2. The molecule has 7 nitrogen and oxygen atoms in total. The molecular formula is C19H20FN3O4S2. The zero-order chi connectivity index (χ0) is 20.6. The molecule has 0 N–H and O–H groups in total. The van der Waals surface area contributed by atoms with Gasteiger partial charge in [-0.2, -0.15) is 4.31 Å².